The topological polar surface area (TPSA) is 94.9 Å². The molecule has 0 radical (unpaired) electrons. The molecule has 9 heteroatoms. The average molecular weight is 790 g/mol. The summed E-state index contributed by atoms with van der Waals surface area (Å²) in [6.07, 6.45) is 11.4. The highest BCUT2D eigenvalue weighted by molar-refractivity contribution is 7.91. The van der Waals surface area contributed by atoms with E-state index in [0.717, 1.165) is 62.6 Å². The molecule has 0 aliphatic heterocycles. The van der Waals surface area contributed by atoms with Crippen LogP contribution in [0.5, 0.6) is 0 Å². The van der Waals surface area contributed by atoms with Gasteiger partial charge in [-0.15, -0.1) is 22.7 Å². The molecule has 6 nitrogen and oxygen atoms in total. The number of fused-ring (bicyclic) bond motifs is 3. The van der Waals surface area contributed by atoms with E-state index >= 15 is 4.79 Å². The second kappa shape index (κ2) is 12.3. The molecule has 8 atom stereocenters. The Morgan fingerprint density at radius 2 is 1.58 bits per heavy atom. The molecule has 2 heterocycles. The Bertz CT molecular complexity index is 2500. The first-order valence-electron chi connectivity index (χ1n) is 19.7. The van der Waals surface area contributed by atoms with Crippen molar-refractivity contribution in [1.82, 2.24) is 4.31 Å². The van der Waals surface area contributed by atoms with Gasteiger partial charge in [0.15, 0.2) is 5.78 Å². The zero-order valence-corrected chi connectivity index (χ0v) is 33.7. The minimum absolute atomic E-state index is 0.0371. The van der Waals surface area contributed by atoms with Gasteiger partial charge >= 0.3 is 0 Å². The lowest BCUT2D eigenvalue weighted by Crippen LogP contribution is -2.67. The first-order valence-corrected chi connectivity index (χ1v) is 22.9. The number of Topliss-reactive ketones (excluding diaryl/α,β-unsaturated/α-hetero) is 1. The first-order chi connectivity index (χ1) is 26.3. The van der Waals surface area contributed by atoms with E-state index in [4.69, 9.17) is 0 Å². The molecule has 0 saturated heterocycles. The third-order valence-electron chi connectivity index (χ3n) is 15.4. The van der Waals surface area contributed by atoms with E-state index < -0.39 is 38.0 Å². The Balaban J connectivity index is 1.09. The Kier molecular flexibility index (Phi) is 8.02. The minimum Gasteiger partial charge on any atom is -0.393 e. The van der Waals surface area contributed by atoms with E-state index in [2.05, 4.69) is 44.2 Å². The van der Waals surface area contributed by atoms with Gasteiger partial charge in [-0.1, -0.05) is 98.8 Å². The van der Waals surface area contributed by atoms with Crippen LogP contribution >= 0.6 is 22.7 Å². The molecule has 3 saturated carbocycles. The minimum atomic E-state index is -3.97. The van der Waals surface area contributed by atoms with Crippen molar-refractivity contribution in [3.8, 4) is 0 Å². The molecule has 55 heavy (non-hydrogen) atoms. The molecule has 5 aromatic rings. The monoisotopic (exact) mass is 789 g/mol. The molecule has 0 amide bonds. The third kappa shape index (κ3) is 4.93. The van der Waals surface area contributed by atoms with E-state index in [9.17, 15) is 18.6 Å². The number of ketones is 1. The number of nitrogens with zero attached hydrogens (tertiary/aromatic N) is 1. The number of carbonyl (C=O) groups excluding carboxylic acids is 1. The highest BCUT2D eigenvalue weighted by atomic mass is 32.2. The molecule has 284 valence electrons. The van der Waals surface area contributed by atoms with Gasteiger partial charge in [-0.05, 0) is 107 Å². The average Bonchev–Trinajstić information content (AvgIpc) is 3.94. The number of hydrogen-bond acceptors (Lipinski definition) is 7. The number of aliphatic hydroxyl groups excluding tert-OH is 1. The molecule has 2 spiro atoms. The Morgan fingerprint density at radius 3 is 2.38 bits per heavy atom. The summed E-state index contributed by atoms with van der Waals surface area (Å²) in [4.78, 5) is 15.9. The summed E-state index contributed by atoms with van der Waals surface area (Å²) >= 11 is 2.74. The summed E-state index contributed by atoms with van der Waals surface area (Å²) < 4.78 is 32.1. The highest BCUT2D eigenvalue weighted by Crippen LogP contribution is 2.78. The first kappa shape index (κ1) is 35.9. The predicted octanol–water partition coefficient (Wildman–Crippen LogP) is 9.78. The predicted molar refractivity (Wildman–Crippen MR) is 221 cm³/mol. The maximum absolute atomic E-state index is 15.2. The van der Waals surface area contributed by atoms with Gasteiger partial charge in [0.1, 0.15) is 4.21 Å². The Morgan fingerprint density at radius 1 is 0.855 bits per heavy atom. The molecular weight excluding hydrogens is 743 g/mol. The van der Waals surface area contributed by atoms with Crippen LogP contribution in [0, 0.1) is 33.5 Å². The van der Waals surface area contributed by atoms with Crippen LogP contribution in [0.25, 0.3) is 20.9 Å². The molecule has 2 aromatic heterocycles. The summed E-state index contributed by atoms with van der Waals surface area (Å²) in [6.45, 7) is 4.67. The molecule has 3 aromatic carbocycles. The lowest BCUT2D eigenvalue weighted by atomic mass is 9.32. The van der Waals surface area contributed by atoms with Gasteiger partial charge < -0.3 is 10.2 Å². The van der Waals surface area contributed by atoms with Crippen LogP contribution in [-0.4, -0.2) is 47.0 Å². The van der Waals surface area contributed by atoms with Gasteiger partial charge in [-0.2, -0.15) is 4.31 Å². The maximum Gasteiger partial charge on any atom is 0.252 e. The van der Waals surface area contributed by atoms with Gasteiger partial charge in [0.05, 0.1) is 16.6 Å². The van der Waals surface area contributed by atoms with Crippen molar-refractivity contribution < 1.29 is 23.4 Å². The van der Waals surface area contributed by atoms with Crippen LogP contribution in [0.4, 0.5) is 0 Å². The largest absolute Gasteiger partial charge is 0.393 e. The molecule has 11 rings (SSSR count). The summed E-state index contributed by atoms with van der Waals surface area (Å²) in [6, 6.07) is 27.6. The second-order valence-electron chi connectivity index (χ2n) is 17.6. The van der Waals surface area contributed by atoms with Gasteiger partial charge in [0, 0.05) is 39.6 Å². The van der Waals surface area contributed by atoms with Gasteiger partial charge in [-0.3, -0.25) is 4.79 Å². The summed E-state index contributed by atoms with van der Waals surface area (Å²) in [7, 11) is -3.97. The lowest BCUT2D eigenvalue weighted by molar-refractivity contribution is -0.173. The standard InChI is InChI=1S/C46H47NO5S3/c1-42-19-16-33(48)26-44(42)22-23-46(35(27-44)41(49)37-25-31-10-4-6-14-36(31)54-37)38(42)17-20-43(2)39(46)18-21-45(43,50)29-47(55(51,52)40-15-8-24-53-40)28-32-12-7-11-30-9-3-5-13-34(30)32/h3-15,22-25,27,33,38-39,48,50H,16-21,26,28-29H2,1-2H3. The van der Waals surface area contributed by atoms with Gasteiger partial charge in [0.2, 0.25) is 0 Å². The smallest absolute Gasteiger partial charge is 0.252 e. The van der Waals surface area contributed by atoms with Crippen LogP contribution in [0.2, 0.25) is 0 Å². The second-order valence-corrected chi connectivity index (χ2v) is 21.8. The molecular formula is C46H47NO5S3. The fourth-order valence-corrected chi connectivity index (χ4v) is 16.1. The van der Waals surface area contributed by atoms with Crippen molar-refractivity contribution >= 4 is 59.3 Å². The zero-order chi connectivity index (χ0) is 38.0. The molecule has 6 aliphatic rings. The number of thiophene rings is 2. The lowest BCUT2D eigenvalue weighted by Gasteiger charge is -2.71. The summed E-state index contributed by atoms with van der Waals surface area (Å²) in [5.74, 6) is 0.114. The molecule has 3 fully saturated rings. The van der Waals surface area contributed by atoms with Gasteiger partial charge in [-0.25, -0.2) is 8.42 Å². The number of hydrogen-bond donors (Lipinski definition) is 2. The fourth-order valence-electron chi connectivity index (χ4n) is 12.5. The third-order valence-corrected chi connectivity index (χ3v) is 19.6. The normalized spacial score (nSPS) is 35.1. The number of benzene rings is 3. The van der Waals surface area contributed by atoms with Crippen molar-refractivity contribution in [2.45, 2.75) is 81.3 Å². The van der Waals surface area contributed by atoms with Crippen LogP contribution in [0.3, 0.4) is 0 Å². The summed E-state index contributed by atoms with van der Waals surface area (Å²) in [5, 5.41) is 29.3. The van der Waals surface area contributed by atoms with Crippen molar-refractivity contribution in [1.29, 1.82) is 0 Å². The van der Waals surface area contributed by atoms with Crippen LogP contribution in [-0.2, 0) is 16.6 Å². The number of aliphatic hydroxyl groups is 2. The fraction of sp³-hybridized carbons (Fsp3) is 0.413. The SMILES string of the molecule is CC12CCC(O)CC13C=CC1(C(C(=O)c4cc5ccccc5s4)=C3)C2CCC2(C)C1CCC2(O)CN(Cc1cccc2ccccc12)S(=O)(=O)c1cccs1. The maximum atomic E-state index is 15.2. The van der Waals surface area contributed by atoms with Crippen LogP contribution < -0.4 is 0 Å². The van der Waals surface area contributed by atoms with E-state index in [1.807, 2.05) is 60.7 Å². The van der Waals surface area contributed by atoms with Crippen molar-refractivity contribution in [3.05, 3.63) is 125 Å². The number of carbonyl (C=O) groups is 1. The Hall–Kier alpha value is -3.44. The zero-order valence-electron chi connectivity index (χ0n) is 31.3. The van der Waals surface area contributed by atoms with E-state index in [1.54, 1.807) is 17.5 Å². The number of allylic oxidation sites excluding steroid dienone is 4. The number of rotatable bonds is 8. The molecule has 2 N–H and O–H groups in total. The quantitative estimate of drug-likeness (QED) is 0.121. The van der Waals surface area contributed by atoms with E-state index in [1.165, 1.54) is 27.0 Å². The van der Waals surface area contributed by atoms with E-state index in [-0.39, 0.29) is 40.3 Å². The molecule has 2 bridgehead atoms. The van der Waals surface area contributed by atoms with Crippen molar-refractivity contribution in [2.24, 2.45) is 33.5 Å². The molecule has 6 aliphatic carbocycles. The summed E-state index contributed by atoms with van der Waals surface area (Å²) in [5.41, 5.74) is -1.53. The molecule has 8 unspecified atom stereocenters. The van der Waals surface area contributed by atoms with Crippen LogP contribution in [0.1, 0.15) is 74.0 Å². The van der Waals surface area contributed by atoms with Crippen molar-refractivity contribution in [3.63, 3.8) is 0 Å². The Labute approximate surface area is 331 Å². The van der Waals surface area contributed by atoms with Crippen LogP contribution in [0.15, 0.2) is 118 Å². The van der Waals surface area contributed by atoms with E-state index in [0.29, 0.717) is 19.3 Å². The van der Waals surface area contributed by atoms with Crippen molar-refractivity contribution in [2.75, 3.05) is 6.54 Å². The highest BCUT2D eigenvalue weighted by Gasteiger charge is 2.74. The van der Waals surface area contributed by atoms with Gasteiger partial charge in [0.25, 0.3) is 10.0 Å². The number of sulfonamides is 1.